The van der Waals surface area contributed by atoms with Gasteiger partial charge in [-0.2, -0.15) is 0 Å². The van der Waals surface area contributed by atoms with Crippen LogP contribution in [0.4, 0.5) is 5.69 Å². The molecule has 104 valence electrons. The Labute approximate surface area is 115 Å². The molecule has 20 heavy (non-hydrogen) atoms. The lowest BCUT2D eigenvalue weighted by molar-refractivity contribution is -0.384. The van der Waals surface area contributed by atoms with E-state index >= 15 is 0 Å². The second-order valence-corrected chi connectivity index (χ2v) is 4.40. The predicted octanol–water partition coefficient (Wildman–Crippen LogP) is 2.61. The molecular formula is C14H14N2O4. The summed E-state index contributed by atoms with van der Waals surface area (Å²) < 4.78 is 5.20. The minimum absolute atomic E-state index is 0.0121. The van der Waals surface area contributed by atoms with Gasteiger partial charge in [0.05, 0.1) is 23.6 Å². The van der Waals surface area contributed by atoms with E-state index < -0.39 is 4.92 Å². The van der Waals surface area contributed by atoms with Gasteiger partial charge >= 0.3 is 0 Å². The van der Waals surface area contributed by atoms with Crippen LogP contribution in [0.5, 0.6) is 0 Å². The number of rotatable bonds is 5. The van der Waals surface area contributed by atoms with Crippen LogP contribution in [0.2, 0.25) is 0 Å². The molecule has 0 aliphatic rings. The maximum Gasteiger partial charge on any atom is 0.269 e. The van der Waals surface area contributed by atoms with E-state index in [4.69, 9.17) is 4.42 Å². The number of benzene rings is 1. The third-order valence-electron chi connectivity index (χ3n) is 2.86. The van der Waals surface area contributed by atoms with Crippen LogP contribution < -0.4 is 5.32 Å². The number of amides is 1. The van der Waals surface area contributed by atoms with E-state index in [9.17, 15) is 14.9 Å². The lowest BCUT2D eigenvalue weighted by Gasteiger charge is -2.11. The van der Waals surface area contributed by atoms with Crippen LogP contribution in [0.3, 0.4) is 0 Å². The number of hydrogen-bond donors (Lipinski definition) is 1. The topological polar surface area (TPSA) is 85.4 Å². The summed E-state index contributed by atoms with van der Waals surface area (Å²) in [6, 6.07) is 9.27. The molecule has 6 nitrogen and oxygen atoms in total. The molecule has 6 heteroatoms. The first kappa shape index (κ1) is 13.8. The Morgan fingerprint density at radius 1 is 1.35 bits per heavy atom. The fourth-order valence-corrected chi connectivity index (χ4v) is 1.82. The van der Waals surface area contributed by atoms with E-state index in [-0.39, 0.29) is 24.1 Å². The number of hydrogen-bond acceptors (Lipinski definition) is 4. The maximum absolute atomic E-state index is 11.9. The third kappa shape index (κ3) is 3.44. The van der Waals surface area contributed by atoms with E-state index in [0.717, 1.165) is 5.56 Å². The van der Waals surface area contributed by atoms with E-state index in [0.29, 0.717) is 5.76 Å². The van der Waals surface area contributed by atoms with Crippen molar-refractivity contribution in [3.05, 3.63) is 64.1 Å². The molecule has 0 fully saturated rings. The first-order valence-electron chi connectivity index (χ1n) is 6.12. The summed E-state index contributed by atoms with van der Waals surface area (Å²) in [5.41, 5.74) is 0.734. The molecule has 0 aliphatic carbocycles. The molecule has 1 heterocycles. The molecule has 2 aromatic rings. The lowest BCUT2D eigenvalue weighted by atomic mass is 10.1. The smallest absolute Gasteiger partial charge is 0.269 e. The highest BCUT2D eigenvalue weighted by Gasteiger charge is 2.12. The number of nitro groups is 1. The van der Waals surface area contributed by atoms with Crippen molar-refractivity contribution in [1.29, 1.82) is 0 Å². The highest BCUT2D eigenvalue weighted by Crippen LogP contribution is 2.14. The molecule has 0 saturated heterocycles. The SMILES string of the molecule is C[C@H](NC(=O)Cc1ccc([N+](=O)[O-])cc1)c1ccco1. The van der Waals surface area contributed by atoms with Crippen LogP contribution in [0, 0.1) is 10.1 Å². The fourth-order valence-electron chi connectivity index (χ4n) is 1.82. The number of nitrogens with zero attached hydrogens (tertiary/aromatic N) is 1. The van der Waals surface area contributed by atoms with Gasteiger partial charge in [0.25, 0.3) is 5.69 Å². The zero-order valence-electron chi connectivity index (χ0n) is 10.9. The Bertz CT molecular complexity index is 590. The van der Waals surface area contributed by atoms with Crippen LogP contribution in [0.25, 0.3) is 0 Å². The molecule has 1 aromatic heterocycles. The van der Waals surface area contributed by atoms with Crippen molar-refractivity contribution in [3.63, 3.8) is 0 Å². The van der Waals surface area contributed by atoms with Gasteiger partial charge in [0.2, 0.25) is 5.91 Å². The van der Waals surface area contributed by atoms with Crippen molar-refractivity contribution in [2.45, 2.75) is 19.4 Å². The van der Waals surface area contributed by atoms with Crippen LogP contribution in [0.15, 0.2) is 47.1 Å². The lowest BCUT2D eigenvalue weighted by Crippen LogP contribution is -2.27. The summed E-state index contributed by atoms with van der Waals surface area (Å²) in [6.07, 6.45) is 1.72. The minimum Gasteiger partial charge on any atom is -0.467 e. The van der Waals surface area contributed by atoms with E-state index in [1.165, 1.54) is 12.1 Å². The van der Waals surface area contributed by atoms with Gasteiger partial charge in [0.15, 0.2) is 0 Å². The van der Waals surface area contributed by atoms with Gasteiger partial charge in [0.1, 0.15) is 5.76 Å². The van der Waals surface area contributed by atoms with Gasteiger partial charge in [0, 0.05) is 12.1 Å². The monoisotopic (exact) mass is 274 g/mol. The summed E-state index contributed by atoms with van der Waals surface area (Å²) in [4.78, 5) is 21.9. The highest BCUT2D eigenvalue weighted by molar-refractivity contribution is 5.79. The van der Waals surface area contributed by atoms with Crippen molar-refractivity contribution < 1.29 is 14.1 Å². The van der Waals surface area contributed by atoms with Crippen molar-refractivity contribution in [2.24, 2.45) is 0 Å². The molecular weight excluding hydrogens is 260 g/mol. The van der Waals surface area contributed by atoms with Crippen molar-refractivity contribution in [2.75, 3.05) is 0 Å². The summed E-state index contributed by atoms with van der Waals surface area (Å²) in [5, 5.41) is 13.3. The summed E-state index contributed by atoms with van der Waals surface area (Å²) >= 11 is 0. The number of carbonyl (C=O) groups is 1. The van der Waals surface area contributed by atoms with Gasteiger partial charge in [-0.15, -0.1) is 0 Å². The standard InChI is InChI=1S/C14H14N2O4/c1-10(13-3-2-8-20-13)15-14(17)9-11-4-6-12(7-5-11)16(18)19/h2-8,10H,9H2,1H3,(H,15,17)/t10-/m0/s1. The Morgan fingerprint density at radius 2 is 2.05 bits per heavy atom. The van der Waals surface area contributed by atoms with Gasteiger partial charge in [-0.3, -0.25) is 14.9 Å². The van der Waals surface area contributed by atoms with Gasteiger partial charge in [-0.25, -0.2) is 0 Å². The third-order valence-corrected chi connectivity index (χ3v) is 2.86. The number of nitrogens with one attached hydrogen (secondary N) is 1. The Kier molecular flexibility index (Phi) is 4.14. The van der Waals surface area contributed by atoms with E-state index in [1.54, 1.807) is 30.5 Å². The summed E-state index contributed by atoms with van der Waals surface area (Å²) in [5.74, 6) is 0.518. The first-order chi connectivity index (χ1) is 9.56. The minimum atomic E-state index is -0.469. The molecule has 1 amide bonds. The van der Waals surface area contributed by atoms with Crippen molar-refractivity contribution >= 4 is 11.6 Å². The molecule has 0 aliphatic heterocycles. The van der Waals surface area contributed by atoms with Gasteiger partial charge in [-0.1, -0.05) is 12.1 Å². The second-order valence-electron chi connectivity index (χ2n) is 4.40. The molecule has 0 bridgehead atoms. The molecule has 0 saturated carbocycles. The Balaban J connectivity index is 1.92. The second kappa shape index (κ2) is 6.01. The summed E-state index contributed by atoms with van der Waals surface area (Å²) in [6.45, 7) is 1.83. The summed E-state index contributed by atoms with van der Waals surface area (Å²) in [7, 11) is 0. The average Bonchev–Trinajstić information content (AvgIpc) is 2.93. The van der Waals surface area contributed by atoms with Crippen LogP contribution in [0.1, 0.15) is 24.3 Å². The van der Waals surface area contributed by atoms with E-state index in [1.807, 2.05) is 6.92 Å². The molecule has 1 atom stereocenters. The molecule has 0 radical (unpaired) electrons. The number of furan rings is 1. The molecule has 1 N–H and O–H groups in total. The Hall–Kier alpha value is -2.63. The van der Waals surface area contributed by atoms with Gasteiger partial charge < -0.3 is 9.73 Å². The fraction of sp³-hybridized carbons (Fsp3) is 0.214. The van der Waals surface area contributed by atoms with Crippen LogP contribution in [-0.2, 0) is 11.2 Å². The largest absolute Gasteiger partial charge is 0.467 e. The van der Waals surface area contributed by atoms with Crippen molar-refractivity contribution in [3.8, 4) is 0 Å². The van der Waals surface area contributed by atoms with Gasteiger partial charge in [-0.05, 0) is 24.6 Å². The normalized spacial score (nSPS) is 11.8. The van der Waals surface area contributed by atoms with Crippen LogP contribution >= 0.6 is 0 Å². The molecule has 0 spiro atoms. The zero-order valence-corrected chi connectivity index (χ0v) is 10.9. The number of carbonyl (C=O) groups excluding carboxylic acids is 1. The molecule has 2 rings (SSSR count). The van der Waals surface area contributed by atoms with Crippen LogP contribution in [-0.4, -0.2) is 10.8 Å². The average molecular weight is 274 g/mol. The predicted molar refractivity (Wildman–Crippen MR) is 72.1 cm³/mol. The quantitative estimate of drug-likeness (QED) is 0.670. The highest BCUT2D eigenvalue weighted by atomic mass is 16.6. The number of nitro benzene ring substituents is 1. The van der Waals surface area contributed by atoms with Crippen molar-refractivity contribution in [1.82, 2.24) is 5.32 Å². The molecule has 1 aromatic carbocycles. The number of non-ortho nitro benzene ring substituents is 1. The zero-order chi connectivity index (χ0) is 14.5. The van der Waals surface area contributed by atoms with E-state index in [2.05, 4.69) is 5.32 Å². The Morgan fingerprint density at radius 3 is 2.60 bits per heavy atom. The molecule has 0 unspecified atom stereocenters. The maximum atomic E-state index is 11.9. The first-order valence-corrected chi connectivity index (χ1v) is 6.12.